The fraction of sp³-hybridized carbons (Fsp3) is 1.00. The van der Waals surface area contributed by atoms with Gasteiger partial charge in [0.2, 0.25) is 0 Å². The number of hydrogen-bond acceptors (Lipinski definition) is 2. The molecule has 0 aliphatic carbocycles. The molecule has 0 aromatic heterocycles. The van der Waals surface area contributed by atoms with Gasteiger partial charge in [0.05, 0.1) is 0 Å². The van der Waals surface area contributed by atoms with Crippen molar-refractivity contribution < 1.29 is 0 Å². The Hall–Kier alpha value is 0.310. The molecule has 0 saturated heterocycles. The second-order valence-corrected chi connectivity index (χ2v) is 3.64. The van der Waals surface area contributed by atoms with Crippen molar-refractivity contribution in [3.8, 4) is 0 Å². The van der Waals surface area contributed by atoms with Crippen molar-refractivity contribution >= 4 is 12.6 Å². The van der Waals surface area contributed by atoms with Gasteiger partial charge in [-0.1, -0.05) is 27.2 Å². The molecule has 0 amide bonds. The second-order valence-electron chi connectivity index (χ2n) is 3.27. The molecule has 0 fully saturated rings. The van der Waals surface area contributed by atoms with E-state index in [0.717, 1.165) is 11.7 Å². The van der Waals surface area contributed by atoms with Crippen LogP contribution in [0, 0.1) is 5.92 Å². The number of nitrogens with zero attached hydrogens (tertiary/aromatic N) is 1. The zero-order valence-corrected chi connectivity index (χ0v) is 9.61. The van der Waals surface area contributed by atoms with Crippen molar-refractivity contribution in [2.45, 2.75) is 33.6 Å². The Kier molecular flexibility index (Phi) is 8.14. The highest BCUT2D eigenvalue weighted by Crippen LogP contribution is 2.10. The highest BCUT2D eigenvalue weighted by Gasteiger charge is 2.05. The molecule has 0 aliphatic heterocycles. The fourth-order valence-corrected chi connectivity index (χ4v) is 1.77. The summed E-state index contributed by atoms with van der Waals surface area (Å²) in [6.07, 6.45) is 2.58. The highest BCUT2D eigenvalue weighted by molar-refractivity contribution is 7.80. The predicted molar refractivity (Wildman–Crippen MR) is 60.0 cm³/mol. The number of thiol groups is 1. The molecule has 12 heavy (non-hydrogen) atoms. The van der Waals surface area contributed by atoms with Crippen molar-refractivity contribution in [2.24, 2.45) is 5.92 Å². The summed E-state index contributed by atoms with van der Waals surface area (Å²) in [5.74, 6) is 1.85. The minimum Gasteiger partial charge on any atom is -0.304 e. The van der Waals surface area contributed by atoms with Crippen LogP contribution in [0.15, 0.2) is 0 Å². The molecule has 0 aromatic carbocycles. The SMILES string of the molecule is CCC(CS)CCN(CC)CC. The van der Waals surface area contributed by atoms with Crippen LogP contribution >= 0.6 is 12.6 Å². The third kappa shape index (κ3) is 5.04. The van der Waals surface area contributed by atoms with Crippen LogP contribution in [0.25, 0.3) is 0 Å². The van der Waals surface area contributed by atoms with Gasteiger partial charge < -0.3 is 4.90 Å². The van der Waals surface area contributed by atoms with Gasteiger partial charge in [-0.3, -0.25) is 0 Å². The first-order valence-corrected chi connectivity index (χ1v) is 5.74. The first kappa shape index (κ1) is 12.3. The normalized spacial score (nSPS) is 13.8. The van der Waals surface area contributed by atoms with Crippen LogP contribution in [0.1, 0.15) is 33.6 Å². The molecule has 74 valence electrons. The van der Waals surface area contributed by atoms with E-state index >= 15 is 0 Å². The molecule has 1 unspecified atom stereocenters. The Labute approximate surface area is 82.9 Å². The molecular weight excluding hydrogens is 166 g/mol. The molecule has 0 saturated carbocycles. The molecular formula is C10H23NS. The quantitative estimate of drug-likeness (QED) is 0.603. The van der Waals surface area contributed by atoms with Crippen LogP contribution in [0.4, 0.5) is 0 Å². The van der Waals surface area contributed by atoms with Gasteiger partial charge in [-0.05, 0) is 37.7 Å². The van der Waals surface area contributed by atoms with Crippen molar-refractivity contribution in [1.29, 1.82) is 0 Å². The first-order chi connectivity index (χ1) is 5.78. The Bertz CT molecular complexity index is 75.8. The van der Waals surface area contributed by atoms with Crippen molar-refractivity contribution in [3.63, 3.8) is 0 Å². The molecule has 0 radical (unpaired) electrons. The summed E-state index contributed by atoms with van der Waals surface area (Å²) in [5, 5.41) is 0. The Morgan fingerprint density at radius 3 is 2.08 bits per heavy atom. The summed E-state index contributed by atoms with van der Waals surface area (Å²) >= 11 is 4.34. The van der Waals surface area contributed by atoms with Crippen LogP contribution in [-0.2, 0) is 0 Å². The van der Waals surface area contributed by atoms with Gasteiger partial charge in [0, 0.05) is 0 Å². The summed E-state index contributed by atoms with van der Waals surface area (Å²) in [4.78, 5) is 2.48. The van der Waals surface area contributed by atoms with E-state index in [2.05, 4.69) is 38.3 Å². The standard InChI is InChI=1S/C10H23NS/c1-4-10(9-12)7-8-11(5-2)6-3/h10,12H,4-9H2,1-3H3. The van der Waals surface area contributed by atoms with Crippen LogP contribution in [0.2, 0.25) is 0 Å². The van der Waals surface area contributed by atoms with Gasteiger partial charge in [-0.2, -0.15) is 12.6 Å². The van der Waals surface area contributed by atoms with E-state index in [1.165, 1.54) is 32.5 Å². The maximum atomic E-state index is 4.34. The lowest BCUT2D eigenvalue weighted by atomic mass is 10.0. The number of hydrogen-bond donors (Lipinski definition) is 1. The molecule has 0 aliphatic rings. The van der Waals surface area contributed by atoms with E-state index in [0.29, 0.717) is 0 Å². The lowest BCUT2D eigenvalue weighted by Crippen LogP contribution is -2.25. The summed E-state index contributed by atoms with van der Waals surface area (Å²) in [6, 6.07) is 0. The summed E-state index contributed by atoms with van der Waals surface area (Å²) in [7, 11) is 0. The Morgan fingerprint density at radius 1 is 1.17 bits per heavy atom. The average molecular weight is 189 g/mol. The zero-order valence-electron chi connectivity index (χ0n) is 8.71. The van der Waals surface area contributed by atoms with Crippen molar-refractivity contribution in [3.05, 3.63) is 0 Å². The van der Waals surface area contributed by atoms with E-state index in [9.17, 15) is 0 Å². The van der Waals surface area contributed by atoms with Gasteiger partial charge >= 0.3 is 0 Å². The Morgan fingerprint density at radius 2 is 1.75 bits per heavy atom. The average Bonchev–Trinajstić information content (AvgIpc) is 2.13. The van der Waals surface area contributed by atoms with E-state index < -0.39 is 0 Å². The van der Waals surface area contributed by atoms with Crippen LogP contribution in [-0.4, -0.2) is 30.3 Å². The molecule has 1 nitrogen and oxygen atoms in total. The number of rotatable bonds is 7. The maximum absolute atomic E-state index is 4.34. The van der Waals surface area contributed by atoms with Gasteiger partial charge in [-0.15, -0.1) is 0 Å². The summed E-state index contributed by atoms with van der Waals surface area (Å²) in [5.41, 5.74) is 0. The van der Waals surface area contributed by atoms with Gasteiger partial charge in [-0.25, -0.2) is 0 Å². The first-order valence-electron chi connectivity index (χ1n) is 5.11. The van der Waals surface area contributed by atoms with E-state index in [-0.39, 0.29) is 0 Å². The monoisotopic (exact) mass is 189 g/mol. The van der Waals surface area contributed by atoms with Crippen LogP contribution in [0.5, 0.6) is 0 Å². The minimum absolute atomic E-state index is 0.814. The molecule has 0 spiro atoms. The lowest BCUT2D eigenvalue weighted by Gasteiger charge is -2.20. The highest BCUT2D eigenvalue weighted by atomic mass is 32.1. The second kappa shape index (κ2) is 7.93. The topological polar surface area (TPSA) is 3.24 Å². The van der Waals surface area contributed by atoms with Crippen LogP contribution in [0.3, 0.4) is 0 Å². The van der Waals surface area contributed by atoms with Crippen molar-refractivity contribution in [2.75, 3.05) is 25.4 Å². The minimum atomic E-state index is 0.814. The molecule has 1 atom stereocenters. The Balaban J connectivity index is 3.49. The lowest BCUT2D eigenvalue weighted by molar-refractivity contribution is 0.279. The smallest absolute Gasteiger partial charge is 0.00160 e. The van der Waals surface area contributed by atoms with E-state index in [1.54, 1.807) is 0 Å². The van der Waals surface area contributed by atoms with Crippen molar-refractivity contribution in [1.82, 2.24) is 4.90 Å². The largest absolute Gasteiger partial charge is 0.304 e. The molecule has 0 rings (SSSR count). The molecule has 2 heteroatoms. The third-order valence-electron chi connectivity index (χ3n) is 2.58. The summed E-state index contributed by atoms with van der Waals surface area (Å²) < 4.78 is 0. The van der Waals surface area contributed by atoms with Crippen LogP contribution < -0.4 is 0 Å². The molecule has 0 aromatic rings. The molecule has 0 N–H and O–H groups in total. The summed E-state index contributed by atoms with van der Waals surface area (Å²) in [6.45, 7) is 10.3. The van der Waals surface area contributed by atoms with Gasteiger partial charge in [0.25, 0.3) is 0 Å². The van der Waals surface area contributed by atoms with Gasteiger partial charge in [0.15, 0.2) is 0 Å². The fourth-order valence-electron chi connectivity index (χ4n) is 1.33. The van der Waals surface area contributed by atoms with Gasteiger partial charge in [0.1, 0.15) is 0 Å². The molecule has 0 heterocycles. The third-order valence-corrected chi connectivity index (χ3v) is 3.10. The van der Waals surface area contributed by atoms with E-state index in [4.69, 9.17) is 0 Å². The predicted octanol–water partition coefficient (Wildman–Crippen LogP) is 2.67. The van der Waals surface area contributed by atoms with E-state index in [1.807, 2.05) is 0 Å². The maximum Gasteiger partial charge on any atom is -0.00160 e. The zero-order chi connectivity index (χ0) is 9.40. The molecule has 0 bridgehead atoms.